The van der Waals surface area contributed by atoms with Crippen LogP contribution in [0.2, 0.25) is 0 Å². The van der Waals surface area contributed by atoms with Crippen LogP contribution in [0.1, 0.15) is 178 Å². The first-order valence-electron chi connectivity index (χ1n) is 25.8. The maximum Gasteiger partial charge on any atom is 0.0461 e. The van der Waals surface area contributed by atoms with Crippen molar-refractivity contribution in [2.45, 2.75) is 178 Å². The van der Waals surface area contributed by atoms with Crippen molar-refractivity contribution in [2.24, 2.45) is 40.9 Å². The van der Waals surface area contributed by atoms with Gasteiger partial charge in [-0.15, -0.1) is 0 Å². The first-order valence-corrected chi connectivity index (χ1v) is 25.8. The third kappa shape index (κ3) is 18.7. The summed E-state index contributed by atoms with van der Waals surface area (Å²) in [4.78, 5) is 7.38. The van der Waals surface area contributed by atoms with E-state index in [2.05, 4.69) is 140 Å². The number of hydrogen-bond donors (Lipinski definition) is 5. The first-order chi connectivity index (χ1) is 31.2. The number of fused-ring (bicyclic) bond motifs is 4. The Kier molecular flexibility index (Phi) is 25.3. The Morgan fingerprint density at radius 3 is 1.92 bits per heavy atom. The average Bonchev–Trinajstić information content (AvgIpc) is 3.98. The summed E-state index contributed by atoms with van der Waals surface area (Å²) in [7, 11) is 0. The SMILES string of the molecule is C=C\C(C)=C/C(C)=C(C)/C=C(/C=CCC(C)CCN)CC.CCN.CCN.Cc1cc(C)c2cc(C3CCCC4CCC3C4)[nH]c2c1.Cc1cc(C)c2cc(CC3CCCCC3)[nH]c2c1. The predicted molar refractivity (Wildman–Crippen MR) is 290 cm³/mol. The van der Waals surface area contributed by atoms with Crippen molar-refractivity contribution < 1.29 is 0 Å². The number of nitrogens with one attached hydrogen (secondary N) is 2. The number of benzene rings is 2. The quantitative estimate of drug-likeness (QED) is 0.0914. The predicted octanol–water partition coefficient (Wildman–Crippen LogP) is 16.0. The Balaban J connectivity index is 0.000000244. The number of aromatic amines is 2. The minimum Gasteiger partial charge on any atom is -0.358 e. The van der Waals surface area contributed by atoms with Crippen molar-refractivity contribution >= 4 is 21.8 Å². The molecule has 0 radical (unpaired) electrons. The van der Waals surface area contributed by atoms with Gasteiger partial charge in [-0.3, -0.25) is 0 Å². The maximum absolute atomic E-state index is 5.58. The van der Waals surface area contributed by atoms with E-state index in [0.717, 1.165) is 62.6 Å². The zero-order valence-corrected chi connectivity index (χ0v) is 43.4. The molecule has 0 saturated heterocycles. The Hall–Kier alpha value is -3.90. The normalized spacial score (nSPS) is 19.8. The highest BCUT2D eigenvalue weighted by Gasteiger charge is 2.35. The molecule has 0 spiro atoms. The van der Waals surface area contributed by atoms with Crippen molar-refractivity contribution in [2.75, 3.05) is 19.6 Å². The van der Waals surface area contributed by atoms with Gasteiger partial charge in [0.15, 0.2) is 0 Å². The van der Waals surface area contributed by atoms with Crippen LogP contribution < -0.4 is 17.2 Å². The van der Waals surface area contributed by atoms with Crippen LogP contribution in [0.3, 0.4) is 0 Å². The van der Waals surface area contributed by atoms with Crippen molar-refractivity contribution in [3.8, 4) is 0 Å². The van der Waals surface area contributed by atoms with Crippen LogP contribution in [0.5, 0.6) is 0 Å². The van der Waals surface area contributed by atoms with Crippen molar-refractivity contribution in [3.63, 3.8) is 0 Å². The topological polar surface area (TPSA) is 110 Å². The van der Waals surface area contributed by atoms with Crippen LogP contribution in [0.25, 0.3) is 21.8 Å². The molecule has 360 valence electrons. The molecule has 2 aromatic carbocycles. The number of hydrogen-bond acceptors (Lipinski definition) is 3. The molecule has 4 aromatic rings. The van der Waals surface area contributed by atoms with Crippen molar-refractivity contribution in [3.05, 3.63) is 129 Å². The largest absolute Gasteiger partial charge is 0.358 e. The van der Waals surface area contributed by atoms with E-state index in [0.29, 0.717) is 5.92 Å². The summed E-state index contributed by atoms with van der Waals surface area (Å²) in [6.07, 6.45) is 31.3. The van der Waals surface area contributed by atoms with Gasteiger partial charge in [-0.05, 0) is 200 Å². The van der Waals surface area contributed by atoms with E-state index in [1.807, 2.05) is 19.9 Å². The van der Waals surface area contributed by atoms with Gasteiger partial charge in [-0.1, -0.05) is 134 Å². The molecule has 3 aliphatic carbocycles. The van der Waals surface area contributed by atoms with Gasteiger partial charge in [0, 0.05) is 39.1 Å². The Labute approximate surface area is 398 Å². The molecule has 2 bridgehead atoms. The summed E-state index contributed by atoms with van der Waals surface area (Å²) < 4.78 is 0. The Morgan fingerprint density at radius 1 is 0.723 bits per heavy atom. The fourth-order valence-electron chi connectivity index (χ4n) is 10.3. The van der Waals surface area contributed by atoms with E-state index >= 15 is 0 Å². The third-order valence-electron chi connectivity index (χ3n) is 13.9. The lowest BCUT2D eigenvalue weighted by molar-refractivity contribution is 0.355. The van der Waals surface area contributed by atoms with Gasteiger partial charge in [0.05, 0.1) is 0 Å². The molecule has 2 heterocycles. The van der Waals surface area contributed by atoms with Crippen LogP contribution in [0.4, 0.5) is 0 Å². The standard InChI is InChI=1S/C20H33N.C19H25N.C17H23N.2C2H7N/c1-7-16(3)14-18(5)19(6)15-20(8-2)11-9-10-17(4)12-13-21;1-12-8-13(2)17-11-19(20-18(17)9-12)16-5-3-4-14-6-7-15(16)10-14;1-12-8-13(2)16-11-15(18-17(16)9-12)10-14-6-4-3-5-7-14;2*1-2-3/h7,9,11,14-15,17H,1,8,10,12-13,21H2,2-6H3;8-9,11,14-16,20H,3-7,10H2,1-2H3;8-9,11,14,18H,3-7,10H2,1-2H3;2*2-3H2,1H3/b11-9?,16-14-,19-18+,20-15+;;;;. The van der Waals surface area contributed by atoms with Gasteiger partial charge in [-0.25, -0.2) is 0 Å². The molecular formula is C60H95N5. The maximum atomic E-state index is 5.58. The monoisotopic (exact) mass is 886 g/mol. The number of rotatable bonds is 12. The van der Waals surface area contributed by atoms with Crippen LogP contribution >= 0.6 is 0 Å². The zero-order valence-electron chi connectivity index (χ0n) is 43.4. The molecule has 5 heteroatoms. The molecule has 0 aliphatic heterocycles. The van der Waals surface area contributed by atoms with E-state index in [4.69, 9.17) is 17.2 Å². The highest BCUT2D eigenvalue weighted by Crippen LogP contribution is 2.48. The smallest absolute Gasteiger partial charge is 0.0461 e. The van der Waals surface area contributed by atoms with E-state index in [1.54, 1.807) is 0 Å². The second kappa shape index (κ2) is 29.7. The van der Waals surface area contributed by atoms with Crippen LogP contribution in [-0.2, 0) is 6.42 Å². The average molecular weight is 886 g/mol. The highest BCUT2D eigenvalue weighted by atomic mass is 14.7. The summed E-state index contributed by atoms with van der Waals surface area (Å²) in [6.45, 7) is 29.6. The summed E-state index contributed by atoms with van der Waals surface area (Å²) >= 11 is 0. The molecule has 2 aromatic heterocycles. The first kappa shape index (κ1) is 55.4. The molecule has 7 rings (SSSR count). The van der Waals surface area contributed by atoms with Crippen LogP contribution in [0, 0.1) is 51.4 Å². The van der Waals surface area contributed by atoms with E-state index in [-0.39, 0.29) is 0 Å². The second-order valence-electron chi connectivity index (χ2n) is 20.0. The van der Waals surface area contributed by atoms with Crippen LogP contribution in [0.15, 0.2) is 95.6 Å². The minimum atomic E-state index is 0.668. The lowest BCUT2D eigenvalue weighted by Crippen LogP contribution is -2.09. The molecule has 0 amide bonds. The number of aromatic nitrogens is 2. The highest BCUT2D eigenvalue weighted by molar-refractivity contribution is 5.85. The lowest BCUT2D eigenvalue weighted by atomic mass is 9.85. The van der Waals surface area contributed by atoms with E-state index in [9.17, 15) is 0 Å². The van der Waals surface area contributed by atoms with E-state index in [1.165, 1.54) is 155 Å². The second-order valence-corrected chi connectivity index (χ2v) is 20.0. The fraction of sp³-hybridized carbons (Fsp3) is 0.567. The zero-order chi connectivity index (χ0) is 47.9. The van der Waals surface area contributed by atoms with Crippen molar-refractivity contribution in [1.29, 1.82) is 0 Å². The molecule has 3 aliphatic rings. The Bertz CT molecular complexity index is 2130. The molecule has 3 fully saturated rings. The number of H-pyrrole nitrogens is 2. The Morgan fingerprint density at radius 2 is 1.32 bits per heavy atom. The number of aryl methyl sites for hydroxylation is 4. The summed E-state index contributed by atoms with van der Waals surface area (Å²) in [5.41, 5.74) is 31.6. The van der Waals surface area contributed by atoms with Gasteiger partial charge in [-0.2, -0.15) is 0 Å². The van der Waals surface area contributed by atoms with Gasteiger partial charge in [0.25, 0.3) is 0 Å². The van der Waals surface area contributed by atoms with Gasteiger partial charge in [0.2, 0.25) is 0 Å². The molecule has 3 saturated carbocycles. The summed E-state index contributed by atoms with van der Waals surface area (Å²) in [6, 6.07) is 14.0. The number of nitrogens with two attached hydrogens (primary N) is 3. The van der Waals surface area contributed by atoms with Gasteiger partial charge < -0.3 is 27.2 Å². The molecule has 4 unspecified atom stereocenters. The fourth-order valence-corrected chi connectivity index (χ4v) is 10.3. The number of allylic oxidation sites excluding steroid dienone is 9. The minimum absolute atomic E-state index is 0.668. The van der Waals surface area contributed by atoms with Gasteiger partial charge >= 0.3 is 0 Å². The van der Waals surface area contributed by atoms with E-state index < -0.39 is 0 Å². The summed E-state index contributed by atoms with van der Waals surface area (Å²) in [5, 5.41) is 2.84. The molecule has 8 N–H and O–H groups in total. The van der Waals surface area contributed by atoms with Crippen molar-refractivity contribution in [1.82, 2.24) is 9.97 Å². The molecular weight excluding hydrogens is 791 g/mol. The lowest BCUT2D eigenvalue weighted by Gasteiger charge is -2.21. The molecule has 4 atom stereocenters. The van der Waals surface area contributed by atoms with Crippen LogP contribution in [-0.4, -0.2) is 29.6 Å². The van der Waals surface area contributed by atoms with Gasteiger partial charge in [0.1, 0.15) is 0 Å². The molecule has 5 nitrogen and oxygen atoms in total. The third-order valence-corrected chi connectivity index (χ3v) is 13.9. The molecule has 65 heavy (non-hydrogen) atoms. The summed E-state index contributed by atoms with van der Waals surface area (Å²) in [5.74, 6) is 4.35.